The molecule has 0 aromatic carbocycles. The van der Waals surface area contributed by atoms with Gasteiger partial charge in [-0.25, -0.2) is 0 Å². The molecule has 0 N–H and O–H groups in total. The maximum atomic E-state index is 5.79. The van der Waals surface area contributed by atoms with Gasteiger partial charge in [-0.3, -0.25) is 0 Å². The third kappa shape index (κ3) is 2.76. The molecule has 4 heteroatoms. The molecular weight excluding hydrogens is 235 g/mol. The Hall–Kier alpha value is 0.0795. The van der Waals surface area contributed by atoms with Crippen molar-refractivity contribution in [3.05, 3.63) is 25.3 Å². The van der Waals surface area contributed by atoms with Crippen LogP contribution in [0.3, 0.4) is 0 Å². The van der Waals surface area contributed by atoms with Gasteiger partial charge in [0.2, 0.25) is 0 Å². The van der Waals surface area contributed by atoms with E-state index in [9.17, 15) is 0 Å². The van der Waals surface area contributed by atoms with Crippen molar-refractivity contribution in [3.8, 4) is 0 Å². The summed E-state index contributed by atoms with van der Waals surface area (Å²) in [5, 5.41) is 0. The normalized spacial score (nSPS) is 19.6. The van der Waals surface area contributed by atoms with Crippen LogP contribution in [0.1, 0.15) is 0 Å². The fourth-order valence-corrected chi connectivity index (χ4v) is 2.51. The molecule has 0 aromatic rings. The Balaban J connectivity index is 2.63. The van der Waals surface area contributed by atoms with Gasteiger partial charge in [0.05, 0.1) is 0 Å². The molecule has 0 radical (unpaired) electrons. The topological polar surface area (TPSA) is 6.48 Å². The van der Waals surface area contributed by atoms with Gasteiger partial charge in [0.1, 0.15) is 0 Å². The van der Waals surface area contributed by atoms with Gasteiger partial charge in [-0.2, -0.15) is 0 Å². The van der Waals surface area contributed by atoms with Crippen LogP contribution >= 0.6 is 10.1 Å². The zero-order valence-electron chi connectivity index (χ0n) is 7.47. The molecule has 0 aliphatic carbocycles. The number of nitrogens with zero attached hydrogens (tertiary/aromatic N) is 2. The van der Waals surface area contributed by atoms with E-state index in [1.165, 1.54) is 13.6 Å². The monoisotopic (exact) mass is 248 g/mol. The van der Waals surface area contributed by atoms with E-state index in [0.717, 1.165) is 30.8 Å². The molecule has 13 heavy (non-hydrogen) atoms. The van der Waals surface area contributed by atoms with Gasteiger partial charge in [-0.05, 0) is 0 Å². The quantitative estimate of drug-likeness (QED) is 0.547. The van der Waals surface area contributed by atoms with E-state index in [0.29, 0.717) is 0 Å². The average Bonchev–Trinajstić information content (AvgIpc) is 2.49. The van der Waals surface area contributed by atoms with Gasteiger partial charge in [0.15, 0.2) is 0 Å². The van der Waals surface area contributed by atoms with Crippen molar-refractivity contribution < 1.29 is 13.6 Å². The molecule has 78 valence electrons. The minimum absolute atomic E-state index is 0.861. The molecule has 1 heterocycles. The van der Waals surface area contributed by atoms with Crippen LogP contribution in [0.4, 0.5) is 0 Å². The first-order chi connectivity index (χ1) is 6.33. The van der Waals surface area contributed by atoms with Crippen LogP contribution < -0.4 is 0 Å². The molecule has 2 nitrogen and oxygen atoms in total. The Morgan fingerprint density at radius 2 is 1.69 bits per heavy atom. The summed E-state index contributed by atoms with van der Waals surface area (Å²) >= 11 is 1.36. The molecule has 1 aliphatic rings. The molecule has 0 atom stereocenters. The van der Waals surface area contributed by atoms with E-state index < -0.39 is 0 Å². The first-order valence-corrected chi connectivity index (χ1v) is 5.88. The second kappa shape index (κ2) is 5.74. The third-order valence-electron chi connectivity index (χ3n) is 1.86. The Labute approximate surface area is 89.8 Å². The summed E-state index contributed by atoms with van der Waals surface area (Å²) < 4.78 is 1.10. The molecule has 0 aromatic heterocycles. The molecule has 0 unspecified atom stereocenters. The molecule has 0 amide bonds. The zero-order chi connectivity index (χ0) is 9.68. The molecule has 0 saturated carbocycles. The van der Waals surface area contributed by atoms with Gasteiger partial charge in [-0.1, -0.05) is 0 Å². The molecule has 0 spiro atoms. The fourth-order valence-electron chi connectivity index (χ4n) is 1.31. The van der Waals surface area contributed by atoms with Crippen LogP contribution in [0.5, 0.6) is 0 Å². The minimum atomic E-state index is 0.861. The molecule has 1 rings (SSSR count). The van der Waals surface area contributed by atoms with E-state index in [-0.39, 0.29) is 0 Å². The second-order valence-corrected chi connectivity index (χ2v) is 3.83. The summed E-state index contributed by atoms with van der Waals surface area (Å²) in [4.78, 5) is 4.42. The van der Waals surface area contributed by atoms with E-state index >= 15 is 0 Å². The fraction of sp³-hybridized carbons (Fsp3) is 0.444. The van der Waals surface area contributed by atoms with Gasteiger partial charge in [-0.15, -0.1) is 0 Å². The van der Waals surface area contributed by atoms with Crippen molar-refractivity contribution in [1.29, 1.82) is 0 Å². The van der Waals surface area contributed by atoms with Crippen molar-refractivity contribution in [2.75, 3.05) is 26.2 Å². The van der Waals surface area contributed by atoms with Gasteiger partial charge in [0, 0.05) is 0 Å². The Kier molecular flexibility index (Phi) is 4.92. The summed E-state index contributed by atoms with van der Waals surface area (Å²) in [6.45, 7) is 11.2. The molecule has 1 saturated heterocycles. The van der Waals surface area contributed by atoms with Gasteiger partial charge < -0.3 is 0 Å². The van der Waals surface area contributed by atoms with Crippen LogP contribution in [0.15, 0.2) is 25.3 Å². The summed E-state index contributed by atoms with van der Waals surface area (Å²) in [5.74, 6) is 0. The molecule has 0 bridgehead atoms. The number of hydrogen-bond acceptors (Lipinski definition) is 2. The van der Waals surface area contributed by atoms with E-state index in [4.69, 9.17) is 10.1 Å². The van der Waals surface area contributed by atoms with Crippen molar-refractivity contribution in [2.24, 2.45) is 0 Å². The number of hydrogen-bond donors (Lipinski definition) is 0. The first kappa shape index (κ1) is 11.2. The standard InChI is InChI=1S/C9H14N2.ClH.Cu/c1-3-5-10-7-8-11(9-10)6-4-2;;/h3-4H,1-2,5-8H2;1H;/q;;+1/p-1. The Bertz CT molecular complexity index is 208. The van der Waals surface area contributed by atoms with E-state index in [1.807, 2.05) is 12.2 Å². The van der Waals surface area contributed by atoms with Crippen LogP contribution in [0, 0.1) is 0 Å². The van der Waals surface area contributed by atoms with Crippen molar-refractivity contribution in [2.45, 2.75) is 0 Å². The van der Waals surface area contributed by atoms with Gasteiger partial charge in [0.25, 0.3) is 0 Å². The molecule has 1 fully saturated rings. The van der Waals surface area contributed by atoms with Gasteiger partial charge >= 0.3 is 89.7 Å². The number of halogens is 1. The zero-order valence-corrected chi connectivity index (χ0v) is 9.17. The maximum absolute atomic E-state index is 5.79. The average molecular weight is 249 g/mol. The predicted molar refractivity (Wildman–Crippen MR) is 54.4 cm³/mol. The van der Waals surface area contributed by atoms with Crippen LogP contribution in [0.2, 0.25) is 0 Å². The Morgan fingerprint density at radius 3 is 2.00 bits per heavy atom. The molecular formula is C9H14ClCuN2. The van der Waals surface area contributed by atoms with E-state index in [1.54, 1.807) is 0 Å². The van der Waals surface area contributed by atoms with Crippen molar-refractivity contribution in [3.63, 3.8) is 0 Å². The summed E-state index contributed by atoms with van der Waals surface area (Å²) in [7, 11) is 5.79. The van der Waals surface area contributed by atoms with Crippen LogP contribution in [-0.2, 0) is 13.6 Å². The first-order valence-electron chi connectivity index (χ1n) is 4.11. The predicted octanol–water partition coefficient (Wildman–Crippen LogP) is 1.30. The summed E-state index contributed by atoms with van der Waals surface area (Å²) in [6.07, 6.45) is 3.78. The van der Waals surface area contributed by atoms with Crippen LogP contribution in [-0.4, -0.2) is 40.6 Å². The molecule has 1 aliphatic heterocycles. The van der Waals surface area contributed by atoms with Crippen molar-refractivity contribution >= 4 is 14.8 Å². The summed E-state index contributed by atoms with van der Waals surface area (Å²) in [6, 6.07) is 0. The number of rotatable bonds is 4. The van der Waals surface area contributed by atoms with Crippen LogP contribution in [0.25, 0.3) is 0 Å². The van der Waals surface area contributed by atoms with Crippen molar-refractivity contribution in [1.82, 2.24) is 9.80 Å². The second-order valence-electron chi connectivity index (χ2n) is 2.76. The Morgan fingerprint density at radius 1 is 1.23 bits per heavy atom. The SMILES string of the molecule is C=CCN1CCN(CC=C)[C]1=[Cu][Cl]. The summed E-state index contributed by atoms with van der Waals surface area (Å²) in [5.41, 5.74) is 0. The van der Waals surface area contributed by atoms with E-state index in [2.05, 4.69) is 23.0 Å². The third-order valence-corrected chi connectivity index (χ3v) is 3.04.